The van der Waals surface area contributed by atoms with Crippen molar-refractivity contribution in [3.63, 3.8) is 0 Å². The highest BCUT2D eigenvalue weighted by Crippen LogP contribution is 2.30. The van der Waals surface area contributed by atoms with Crippen LogP contribution < -0.4 is 4.74 Å². The Hall–Kier alpha value is -3.46. The van der Waals surface area contributed by atoms with E-state index in [-0.39, 0.29) is 5.41 Å². The van der Waals surface area contributed by atoms with Crippen LogP contribution in [0.15, 0.2) is 91.3 Å². The predicted molar refractivity (Wildman–Crippen MR) is 118 cm³/mol. The van der Waals surface area contributed by atoms with Gasteiger partial charge in [-0.3, -0.25) is 9.97 Å². The second-order valence-electron chi connectivity index (χ2n) is 8.05. The first-order chi connectivity index (χ1) is 14.0. The van der Waals surface area contributed by atoms with Crippen molar-refractivity contribution >= 4 is 0 Å². The summed E-state index contributed by atoms with van der Waals surface area (Å²) in [7, 11) is 0. The molecule has 2 aromatic carbocycles. The molecule has 0 bridgehead atoms. The maximum atomic E-state index is 6.14. The molecule has 29 heavy (non-hydrogen) atoms. The van der Waals surface area contributed by atoms with Crippen molar-refractivity contribution in [1.29, 1.82) is 0 Å². The fourth-order valence-electron chi connectivity index (χ4n) is 3.16. The fourth-order valence-corrected chi connectivity index (χ4v) is 3.16. The summed E-state index contributed by atoms with van der Waals surface area (Å²) >= 11 is 0. The molecule has 0 N–H and O–H groups in total. The van der Waals surface area contributed by atoms with Gasteiger partial charge in [-0.2, -0.15) is 0 Å². The van der Waals surface area contributed by atoms with Crippen LogP contribution in [0.4, 0.5) is 0 Å². The van der Waals surface area contributed by atoms with Gasteiger partial charge in [0.1, 0.15) is 11.5 Å². The quantitative estimate of drug-likeness (QED) is 0.386. The molecule has 144 valence electrons. The molecule has 0 atom stereocenters. The molecule has 0 radical (unpaired) electrons. The first-order valence-corrected chi connectivity index (χ1v) is 9.75. The van der Waals surface area contributed by atoms with Crippen molar-refractivity contribution in [2.24, 2.45) is 0 Å². The second-order valence-corrected chi connectivity index (χ2v) is 8.05. The second kappa shape index (κ2) is 7.88. The minimum Gasteiger partial charge on any atom is -0.457 e. The van der Waals surface area contributed by atoms with Gasteiger partial charge in [0.15, 0.2) is 0 Å². The van der Waals surface area contributed by atoms with Crippen LogP contribution in [0, 0.1) is 0 Å². The average Bonchev–Trinajstić information content (AvgIpc) is 2.74. The van der Waals surface area contributed by atoms with Crippen molar-refractivity contribution < 1.29 is 4.74 Å². The molecule has 0 amide bonds. The maximum absolute atomic E-state index is 6.14. The van der Waals surface area contributed by atoms with Crippen molar-refractivity contribution in [3.05, 3.63) is 96.8 Å². The molecule has 2 aromatic heterocycles. The summed E-state index contributed by atoms with van der Waals surface area (Å²) in [5, 5.41) is 0. The van der Waals surface area contributed by atoms with Crippen LogP contribution in [0.3, 0.4) is 0 Å². The Bertz CT molecular complexity index is 1110. The number of ether oxygens (including phenoxy) is 1. The molecular formula is C26H24N2O. The highest BCUT2D eigenvalue weighted by molar-refractivity contribution is 5.63. The lowest BCUT2D eigenvalue weighted by molar-refractivity contribution is 0.483. The summed E-state index contributed by atoms with van der Waals surface area (Å²) in [6.45, 7) is 6.63. The SMILES string of the molecule is CC(C)(C)c1ccnc(-c2cccc(Oc3cccc(-c4ccccn4)c3)c2)c1. The number of benzene rings is 2. The van der Waals surface area contributed by atoms with E-state index in [1.807, 2.05) is 66.9 Å². The van der Waals surface area contributed by atoms with Gasteiger partial charge in [0.05, 0.1) is 11.4 Å². The monoisotopic (exact) mass is 380 g/mol. The first kappa shape index (κ1) is 18.9. The number of rotatable bonds is 4. The van der Waals surface area contributed by atoms with Crippen molar-refractivity contribution in [3.8, 4) is 34.0 Å². The Morgan fingerprint density at radius 1 is 0.621 bits per heavy atom. The van der Waals surface area contributed by atoms with Gasteiger partial charge < -0.3 is 4.74 Å². The molecule has 0 spiro atoms. The summed E-state index contributed by atoms with van der Waals surface area (Å²) in [5.41, 5.74) is 5.28. The third kappa shape index (κ3) is 4.52. The smallest absolute Gasteiger partial charge is 0.128 e. The molecule has 0 aliphatic carbocycles. The topological polar surface area (TPSA) is 35.0 Å². The van der Waals surface area contributed by atoms with Crippen LogP contribution in [0.5, 0.6) is 11.5 Å². The summed E-state index contributed by atoms with van der Waals surface area (Å²) in [6, 6.07) is 26.2. The van der Waals surface area contributed by atoms with E-state index in [9.17, 15) is 0 Å². The Kier molecular flexibility index (Phi) is 5.13. The molecule has 4 aromatic rings. The maximum Gasteiger partial charge on any atom is 0.128 e. The number of nitrogens with zero attached hydrogens (tertiary/aromatic N) is 2. The zero-order chi connectivity index (χ0) is 20.3. The minimum absolute atomic E-state index is 0.0811. The van der Waals surface area contributed by atoms with E-state index in [1.54, 1.807) is 6.20 Å². The normalized spacial score (nSPS) is 11.3. The van der Waals surface area contributed by atoms with Crippen molar-refractivity contribution in [2.75, 3.05) is 0 Å². The Morgan fingerprint density at radius 3 is 1.90 bits per heavy atom. The lowest BCUT2D eigenvalue weighted by Crippen LogP contribution is -2.11. The van der Waals surface area contributed by atoms with E-state index < -0.39 is 0 Å². The Labute approximate surface area is 172 Å². The van der Waals surface area contributed by atoms with Gasteiger partial charge in [-0.25, -0.2) is 0 Å². The molecule has 2 heterocycles. The van der Waals surface area contributed by atoms with Gasteiger partial charge in [0.25, 0.3) is 0 Å². The highest BCUT2D eigenvalue weighted by atomic mass is 16.5. The lowest BCUT2D eigenvalue weighted by atomic mass is 9.87. The fraction of sp³-hybridized carbons (Fsp3) is 0.154. The van der Waals surface area contributed by atoms with Gasteiger partial charge in [0, 0.05) is 23.5 Å². The van der Waals surface area contributed by atoms with Gasteiger partial charge in [0.2, 0.25) is 0 Å². The van der Waals surface area contributed by atoms with Crippen LogP contribution in [0.1, 0.15) is 26.3 Å². The summed E-state index contributed by atoms with van der Waals surface area (Å²) < 4.78 is 6.14. The van der Waals surface area contributed by atoms with E-state index in [0.29, 0.717) is 0 Å². The van der Waals surface area contributed by atoms with E-state index in [2.05, 4.69) is 48.9 Å². The lowest BCUT2D eigenvalue weighted by Gasteiger charge is -2.19. The standard InChI is InChI=1S/C26H24N2O/c1-26(2,3)21-13-15-28-25(18-21)20-9-7-11-23(17-20)29-22-10-6-8-19(16-22)24-12-4-5-14-27-24/h4-18H,1-3H3. The average molecular weight is 380 g/mol. The van der Waals surface area contributed by atoms with Gasteiger partial charge in [-0.05, 0) is 59.5 Å². The molecule has 3 nitrogen and oxygen atoms in total. The number of hydrogen-bond donors (Lipinski definition) is 0. The molecule has 0 saturated carbocycles. The number of pyridine rings is 2. The summed E-state index contributed by atoms with van der Waals surface area (Å²) in [6.07, 6.45) is 3.67. The molecule has 4 rings (SSSR count). The summed E-state index contributed by atoms with van der Waals surface area (Å²) in [5.74, 6) is 1.56. The van der Waals surface area contributed by atoms with Crippen LogP contribution in [-0.4, -0.2) is 9.97 Å². The molecular weight excluding hydrogens is 356 g/mol. The van der Waals surface area contributed by atoms with Crippen molar-refractivity contribution in [1.82, 2.24) is 9.97 Å². The van der Waals surface area contributed by atoms with Crippen LogP contribution >= 0.6 is 0 Å². The molecule has 3 heteroatoms. The third-order valence-corrected chi connectivity index (χ3v) is 4.79. The zero-order valence-electron chi connectivity index (χ0n) is 17.0. The third-order valence-electron chi connectivity index (χ3n) is 4.79. The largest absolute Gasteiger partial charge is 0.457 e. The first-order valence-electron chi connectivity index (χ1n) is 9.75. The Morgan fingerprint density at radius 2 is 1.28 bits per heavy atom. The number of hydrogen-bond acceptors (Lipinski definition) is 3. The van der Waals surface area contributed by atoms with Crippen LogP contribution in [0.2, 0.25) is 0 Å². The zero-order valence-corrected chi connectivity index (χ0v) is 17.0. The minimum atomic E-state index is 0.0811. The van der Waals surface area contributed by atoms with Gasteiger partial charge in [-0.1, -0.05) is 51.1 Å². The van der Waals surface area contributed by atoms with E-state index >= 15 is 0 Å². The highest BCUT2D eigenvalue weighted by Gasteiger charge is 2.14. The predicted octanol–water partition coefficient (Wildman–Crippen LogP) is 6.90. The van der Waals surface area contributed by atoms with Crippen LogP contribution in [0.25, 0.3) is 22.5 Å². The van der Waals surface area contributed by atoms with E-state index in [4.69, 9.17) is 4.74 Å². The van der Waals surface area contributed by atoms with Gasteiger partial charge >= 0.3 is 0 Å². The molecule has 0 fully saturated rings. The molecule has 0 aliphatic heterocycles. The summed E-state index contributed by atoms with van der Waals surface area (Å²) in [4.78, 5) is 8.98. The van der Waals surface area contributed by atoms with Crippen LogP contribution in [-0.2, 0) is 5.41 Å². The van der Waals surface area contributed by atoms with Gasteiger partial charge in [-0.15, -0.1) is 0 Å². The molecule has 0 saturated heterocycles. The molecule has 0 aliphatic rings. The van der Waals surface area contributed by atoms with Crippen molar-refractivity contribution in [2.45, 2.75) is 26.2 Å². The Balaban J connectivity index is 1.61. The number of aromatic nitrogens is 2. The van der Waals surface area contributed by atoms with E-state index in [1.165, 1.54) is 5.56 Å². The molecule has 0 unspecified atom stereocenters. The van der Waals surface area contributed by atoms with E-state index in [0.717, 1.165) is 34.0 Å².